The lowest BCUT2D eigenvalue weighted by Crippen LogP contribution is -2.12. The van der Waals surface area contributed by atoms with E-state index < -0.39 is 23.9 Å². The fourth-order valence-electron chi connectivity index (χ4n) is 2.98. The molecule has 0 aromatic heterocycles. The molecule has 10 heteroatoms. The van der Waals surface area contributed by atoms with Gasteiger partial charge in [-0.2, -0.15) is 0 Å². The summed E-state index contributed by atoms with van der Waals surface area (Å²) in [7, 11) is 0. The number of carbonyl (C=O) groups excluding carboxylic acids is 4. The zero-order chi connectivity index (χ0) is 28.2. The monoisotopic (exact) mass is 532 g/mol. The summed E-state index contributed by atoms with van der Waals surface area (Å²) in [5.74, 6) is -1.13. The summed E-state index contributed by atoms with van der Waals surface area (Å²) in [5, 5.41) is 0. The molecule has 0 saturated heterocycles. The second kappa shape index (κ2) is 13.8. The summed E-state index contributed by atoms with van der Waals surface area (Å²) in [6, 6.07) is 16.7. The minimum absolute atomic E-state index is 0.240. The standard InChI is InChI=1S/C29H24O10/c1-4-26(30)36-17-34-21-8-6-20(7-9-21)28(32)39-24-14-15-25(19(3)16-24)29(33)38-23-12-10-22(11-13-23)35-18-37-27(31)5-2/h4-16H,1-2,17-18H2,3H3. The number of aryl methyl sites for hydroxylation is 1. The van der Waals surface area contributed by atoms with E-state index in [1.54, 1.807) is 25.1 Å². The van der Waals surface area contributed by atoms with Gasteiger partial charge in [-0.3, -0.25) is 0 Å². The molecular weight excluding hydrogens is 508 g/mol. The molecule has 0 fully saturated rings. The molecule has 0 heterocycles. The zero-order valence-electron chi connectivity index (χ0n) is 20.9. The number of hydrogen-bond donors (Lipinski definition) is 0. The van der Waals surface area contributed by atoms with Gasteiger partial charge >= 0.3 is 23.9 Å². The lowest BCUT2D eigenvalue weighted by molar-refractivity contribution is -0.145. The van der Waals surface area contributed by atoms with Crippen molar-refractivity contribution in [1.29, 1.82) is 0 Å². The molecule has 0 saturated carbocycles. The lowest BCUT2D eigenvalue weighted by atomic mass is 10.1. The van der Waals surface area contributed by atoms with Crippen LogP contribution < -0.4 is 18.9 Å². The quantitative estimate of drug-likeness (QED) is 0.142. The molecule has 0 bridgehead atoms. The van der Waals surface area contributed by atoms with Crippen LogP contribution in [0, 0.1) is 6.92 Å². The molecule has 39 heavy (non-hydrogen) atoms. The summed E-state index contributed by atoms with van der Waals surface area (Å²) >= 11 is 0. The molecule has 0 aliphatic heterocycles. The largest absolute Gasteiger partial charge is 0.457 e. The van der Waals surface area contributed by atoms with Crippen molar-refractivity contribution < 1.29 is 47.6 Å². The number of benzene rings is 3. The van der Waals surface area contributed by atoms with Crippen molar-refractivity contribution in [2.75, 3.05) is 13.6 Å². The molecule has 0 aliphatic rings. The normalized spacial score (nSPS) is 9.97. The number of ether oxygens (including phenoxy) is 6. The van der Waals surface area contributed by atoms with Gasteiger partial charge in [0.2, 0.25) is 13.6 Å². The summed E-state index contributed by atoms with van der Waals surface area (Å²) in [5.41, 5.74) is 1.08. The zero-order valence-corrected chi connectivity index (χ0v) is 20.9. The summed E-state index contributed by atoms with van der Waals surface area (Å²) in [6.45, 7) is 7.67. The number of hydrogen-bond acceptors (Lipinski definition) is 10. The number of rotatable bonds is 12. The maximum Gasteiger partial charge on any atom is 0.343 e. The minimum Gasteiger partial charge on any atom is -0.457 e. The van der Waals surface area contributed by atoms with E-state index in [1.807, 2.05) is 0 Å². The van der Waals surface area contributed by atoms with E-state index in [4.69, 9.17) is 28.4 Å². The Morgan fingerprint density at radius 3 is 1.62 bits per heavy atom. The molecule has 0 amide bonds. The summed E-state index contributed by atoms with van der Waals surface area (Å²) in [4.78, 5) is 47.2. The molecule has 0 radical (unpaired) electrons. The van der Waals surface area contributed by atoms with Crippen LogP contribution in [0.3, 0.4) is 0 Å². The van der Waals surface area contributed by atoms with Gasteiger partial charge in [0, 0.05) is 12.2 Å². The van der Waals surface area contributed by atoms with Gasteiger partial charge in [0.1, 0.15) is 23.0 Å². The molecular formula is C29H24O10. The average molecular weight is 533 g/mol. The summed E-state index contributed by atoms with van der Waals surface area (Å²) < 4.78 is 30.8. The fourth-order valence-corrected chi connectivity index (χ4v) is 2.98. The van der Waals surface area contributed by atoms with Crippen LogP contribution in [0.4, 0.5) is 0 Å². The van der Waals surface area contributed by atoms with Crippen molar-refractivity contribution in [3.8, 4) is 23.0 Å². The van der Waals surface area contributed by atoms with Crippen molar-refractivity contribution in [3.05, 3.63) is 109 Å². The van der Waals surface area contributed by atoms with Gasteiger partial charge in [0.25, 0.3) is 0 Å². The molecule has 200 valence electrons. The Morgan fingerprint density at radius 1 is 0.641 bits per heavy atom. The Balaban J connectivity index is 1.53. The van der Waals surface area contributed by atoms with Gasteiger partial charge in [0.05, 0.1) is 11.1 Å². The maximum atomic E-state index is 12.6. The Bertz CT molecular complexity index is 1360. The van der Waals surface area contributed by atoms with Crippen LogP contribution in [0.25, 0.3) is 0 Å². The predicted molar refractivity (Wildman–Crippen MR) is 138 cm³/mol. The van der Waals surface area contributed by atoms with Crippen LogP contribution in [-0.4, -0.2) is 37.5 Å². The van der Waals surface area contributed by atoms with E-state index in [0.29, 0.717) is 17.1 Å². The van der Waals surface area contributed by atoms with Crippen molar-refractivity contribution in [2.24, 2.45) is 0 Å². The van der Waals surface area contributed by atoms with E-state index in [2.05, 4.69) is 13.2 Å². The second-order valence-corrected chi connectivity index (χ2v) is 7.61. The SMILES string of the molecule is C=CC(=O)OCOc1ccc(OC(=O)c2ccc(OC(=O)c3ccc(OCOC(=O)C=C)cc3)cc2C)cc1. The molecule has 3 aromatic carbocycles. The van der Waals surface area contributed by atoms with E-state index in [-0.39, 0.29) is 36.2 Å². The van der Waals surface area contributed by atoms with Gasteiger partial charge in [-0.15, -0.1) is 0 Å². The van der Waals surface area contributed by atoms with Gasteiger partial charge in [-0.05, 0) is 79.2 Å². The van der Waals surface area contributed by atoms with Crippen LogP contribution in [0.2, 0.25) is 0 Å². The molecule has 0 N–H and O–H groups in total. The van der Waals surface area contributed by atoms with E-state index in [9.17, 15) is 19.2 Å². The van der Waals surface area contributed by atoms with Crippen LogP contribution in [0.5, 0.6) is 23.0 Å². The van der Waals surface area contributed by atoms with Crippen molar-refractivity contribution in [1.82, 2.24) is 0 Å². The van der Waals surface area contributed by atoms with Gasteiger partial charge in [0.15, 0.2) is 0 Å². The first-order valence-electron chi connectivity index (χ1n) is 11.4. The second-order valence-electron chi connectivity index (χ2n) is 7.61. The molecule has 10 nitrogen and oxygen atoms in total. The van der Waals surface area contributed by atoms with Crippen LogP contribution in [0.15, 0.2) is 92.0 Å². The minimum atomic E-state index is -0.615. The molecule has 0 aliphatic carbocycles. The topological polar surface area (TPSA) is 124 Å². The molecule has 3 rings (SSSR count). The Kier molecular flexibility index (Phi) is 9.97. The lowest BCUT2D eigenvalue weighted by Gasteiger charge is -2.10. The highest BCUT2D eigenvalue weighted by Gasteiger charge is 2.15. The molecule has 0 atom stereocenters. The fraction of sp³-hybridized carbons (Fsp3) is 0.103. The van der Waals surface area contributed by atoms with Gasteiger partial charge in [-0.25, -0.2) is 19.2 Å². The third kappa shape index (κ3) is 8.60. The van der Waals surface area contributed by atoms with E-state index in [1.165, 1.54) is 48.5 Å². The van der Waals surface area contributed by atoms with E-state index in [0.717, 1.165) is 12.2 Å². The molecule has 0 spiro atoms. The Morgan fingerprint density at radius 2 is 1.10 bits per heavy atom. The first-order valence-corrected chi connectivity index (χ1v) is 11.4. The maximum absolute atomic E-state index is 12.6. The first-order chi connectivity index (χ1) is 18.8. The van der Waals surface area contributed by atoms with E-state index >= 15 is 0 Å². The van der Waals surface area contributed by atoms with Crippen molar-refractivity contribution >= 4 is 23.9 Å². The van der Waals surface area contributed by atoms with Crippen LogP contribution in [0.1, 0.15) is 26.3 Å². The van der Waals surface area contributed by atoms with Crippen LogP contribution in [-0.2, 0) is 19.1 Å². The highest BCUT2D eigenvalue weighted by molar-refractivity contribution is 5.94. The highest BCUT2D eigenvalue weighted by atomic mass is 16.7. The summed E-state index contributed by atoms with van der Waals surface area (Å²) in [6.07, 6.45) is 2.04. The predicted octanol–water partition coefficient (Wildman–Crippen LogP) is 4.56. The smallest absolute Gasteiger partial charge is 0.343 e. The highest BCUT2D eigenvalue weighted by Crippen LogP contribution is 2.23. The van der Waals surface area contributed by atoms with Crippen LogP contribution >= 0.6 is 0 Å². The van der Waals surface area contributed by atoms with Crippen molar-refractivity contribution in [3.63, 3.8) is 0 Å². The first kappa shape index (κ1) is 28.2. The van der Waals surface area contributed by atoms with Gasteiger partial charge < -0.3 is 28.4 Å². The average Bonchev–Trinajstić information content (AvgIpc) is 2.94. The molecule has 3 aromatic rings. The number of esters is 4. The Hall–Kier alpha value is -5.38. The van der Waals surface area contributed by atoms with Crippen molar-refractivity contribution in [2.45, 2.75) is 6.92 Å². The third-order valence-electron chi connectivity index (χ3n) is 4.94. The third-order valence-corrected chi connectivity index (χ3v) is 4.94. The Labute approximate surface area is 224 Å². The van der Waals surface area contributed by atoms with Gasteiger partial charge in [-0.1, -0.05) is 13.2 Å². The molecule has 0 unspecified atom stereocenters. The number of carbonyl (C=O) groups is 4.